The first kappa shape index (κ1) is 21.7. The highest BCUT2D eigenvalue weighted by molar-refractivity contribution is 7.88. The molecule has 0 saturated carbocycles. The van der Waals surface area contributed by atoms with Gasteiger partial charge in [-0.05, 0) is 55.2 Å². The molecule has 2 unspecified atom stereocenters. The van der Waals surface area contributed by atoms with E-state index in [2.05, 4.69) is 5.32 Å². The lowest BCUT2D eigenvalue weighted by atomic mass is 9.98. The summed E-state index contributed by atoms with van der Waals surface area (Å²) in [4.78, 5) is 12.7. The van der Waals surface area contributed by atoms with Crippen molar-refractivity contribution >= 4 is 27.5 Å². The number of nitrogens with zero attached hydrogens (tertiary/aromatic N) is 1. The molecule has 2 atom stereocenters. The molecular weight excluding hydrogens is 415 g/mol. The zero-order chi connectivity index (χ0) is 21.0. The van der Waals surface area contributed by atoms with Crippen LogP contribution < -0.4 is 5.32 Å². The number of halogens is 2. The zero-order valence-electron chi connectivity index (χ0n) is 16.1. The number of carbonyl (C=O) groups excluding carboxylic acids is 1. The number of hydrogen-bond donors (Lipinski definition) is 1. The molecule has 1 fully saturated rings. The van der Waals surface area contributed by atoms with Gasteiger partial charge in [-0.3, -0.25) is 4.79 Å². The summed E-state index contributed by atoms with van der Waals surface area (Å²) < 4.78 is 40.1. The van der Waals surface area contributed by atoms with Gasteiger partial charge in [0.15, 0.2) is 0 Å². The van der Waals surface area contributed by atoms with Crippen LogP contribution in [0.3, 0.4) is 0 Å². The van der Waals surface area contributed by atoms with Gasteiger partial charge in [0.1, 0.15) is 5.82 Å². The smallest absolute Gasteiger partial charge is 0.224 e. The minimum Gasteiger partial charge on any atom is -0.349 e. The van der Waals surface area contributed by atoms with Gasteiger partial charge in [-0.25, -0.2) is 17.1 Å². The minimum atomic E-state index is -3.55. The quantitative estimate of drug-likeness (QED) is 0.743. The van der Waals surface area contributed by atoms with Crippen molar-refractivity contribution in [3.05, 3.63) is 70.5 Å². The van der Waals surface area contributed by atoms with Crippen molar-refractivity contribution in [2.24, 2.45) is 5.92 Å². The normalized spacial score (nSPS) is 18.9. The van der Waals surface area contributed by atoms with Crippen LogP contribution >= 0.6 is 11.6 Å². The standard InChI is InChI=1S/C21H24ClFN2O3S/c1-15(17-7-9-20(23)10-8-17)24-21(26)18-5-3-11-25(13-18)29(27,28)14-16-4-2-6-19(22)12-16/h2,4,6-10,12,15,18H,3,5,11,13-14H2,1H3,(H,24,26). The molecule has 1 aliphatic heterocycles. The van der Waals surface area contributed by atoms with E-state index in [9.17, 15) is 17.6 Å². The van der Waals surface area contributed by atoms with Crippen LogP contribution in [0.4, 0.5) is 4.39 Å². The van der Waals surface area contributed by atoms with E-state index in [1.54, 1.807) is 36.4 Å². The van der Waals surface area contributed by atoms with Crippen molar-refractivity contribution in [1.82, 2.24) is 9.62 Å². The zero-order valence-corrected chi connectivity index (χ0v) is 17.7. The molecule has 1 amide bonds. The summed E-state index contributed by atoms with van der Waals surface area (Å²) >= 11 is 5.95. The van der Waals surface area contributed by atoms with Gasteiger partial charge in [0.2, 0.25) is 15.9 Å². The summed E-state index contributed by atoms with van der Waals surface area (Å²) in [7, 11) is -3.55. The molecule has 5 nitrogen and oxygen atoms in total. The molecule has 2 aromatic carbocycles. The molecule has 0 spiro atoms. The van der Waals surface area contributed by atoms with Gasteiger partial charge in [0.25, 0.3) is 0 Å². The molecule has 156 valence electrons. The fourth-order valence-corrected chi connectivity index (χ4v) is 5.31. The van der Waals surface area contributed by atoms with E-state index >= 15 is 0 Å². The van der Waals surface area contributed by atoms with Gasteiger partial charge >= 0.3 is 0 Å². The maximum absolute atomic E-state index is 13.1. The van der Waals surface area contributed by atoms with Gasteiger partial charge in [-0.1, -0.05) is 35.9 Å². The number of rotatable bonds is 6. The first-order chi connectivity index (χ1) is 13.7. The second-order valence-electron chi connectivity index (χ2n) is 7.37. The lowest BCUT2D eigenvalue weighted by Gasteiger charge is -2.32. The maximum Gasteiger partial charge on any atom is 0.224 e. The Morgan fingerprint density at radius 2 is 2.00 bits per heavy atom. The number of nitrogens with one attached hydrogen (secondary N) is 1. The molecule has 0 bridgehead atoms. The fourth-order valence-electron chi connectivity index (χ4n) is 3.50. The van der Waals surface area contributed by atoms with Crippen LogP contribution in [-0.4, -0.2) is 31.7 Å². The maximum atomic E-state index is 13.1. The lowest BCUT2D eigenvalue weighted by Crippen LogP contribution is -2.46. The van der Waals surface area contributed by atoms with Crippen LogP contribution in [0, 0.1) is 11.7 Å². The number of piperidine rings is 1. The summed E-state index contributed by atoms with van der Waals surface area (Å²) in [5, 5.41) is 3.40. The summed E-state index contributed by atoms with van der Waals surface area (Å²) in [6.45, 7) is 2.38. The van der Waals surface area contributed by atoms with Crippen molar-refractivity contribution in [3.63, 3.8) is 0 Å². The average Bonchev–Trinajstić information content (AvgIpc) is 2.68. The highest BCUT2D eigenvalue weighted by atomic mass is 35.5. The number of benzene rings is 2. The second-order valence-corrected chi connectivity index (χ2v) is 9.77. The predicted molar refractivity (Wildman–Crippen MR) is 111 cm³/mol. The first-order valence-corrected chi connectivity index (χ1v) is 11.5. The van der Waals surface area contributed by atoms with E-state index in [-0.39, 0.29) is 30.1 Å². The SMILES string of the molecule is CC(NC(=O)C1CCCN(S(=O)(=O)Cc2cccc(Cl)c2)C1)c1ccc(F)cc1. The van der Waals surface area contributed by atoms with Gasteiger partial charge in [-0.2, -0.15) is 0 Å². The number of amides is 1. The Labute approximate surface area is 175 Å². The van der Waals surface area contributed by atoms with Crippen LogP contribution in [0.25, 0.3) is 0 Å². The summed E-state index contributed by atoms with van der Waals surface area (Å²) in [5.74, 6) is -1.08. The molecule has 0 aromatic heterocycles. The van der Waals surface area contributed by atoms with E-state index in [1.807, 2.05) is 6.92 Å². The number of hydrogen-bond acceptors (Lipinski definition) is 3. The van der Waals surface area contributed by atoms with Crippen molar-refractivity contribution in [1.29, 1.82) is 0 Å². The topological polar surface area (TPSA) is 66.5 Å². The Bertz CT molecular complexity index is 966. The Morgan fingerprint density at radius 1 is 1.28 bits per heavy atom. The monoisotopic (exact) mass is 438 g/mol. The second kappa shape index (κ2) is 9.24. The van der Waals surface area contributed by atoms with Crippen LogP contribution in [-0.2, 0) is 20.6 Å². The minimum absolute atomic E-state index is 0.145. The molecule has 1 heterocycles. The Kier molecular flexibility index (Phi) is 6.93. The van der Waals surface area contributed by atoms with Gasteiger partial charge in [0.05, 0.1) is 17.7 Å². The van der Waals surface area contributed by atoms with Crippen molar-refractivity contribution in [3.8, 4) is 0 Å². The van der Waals surface area contributed by atoms with Crippen LogP contribution in [0.5, 0.6) is 0 Å². The van der Waals surface area contributed by atoms with Gasteiger partial charge in [-0.15, -0.1) is 0 Å². The largest absolute Gasteiger partial charge is 0.349 e. The fraction of sp³-hybridized carbons (Fsp3) is 0.381. The molecule has 1 N–H and O–H groups in total. The van der Waals surface area contributed by atoms with E-state index in [0.29, 0.717) is 30.0 Å². The third-order valence-corrected chi connectivity index (χ3v) is 7.17. The molecule has 29 heavy (non-hydrogen) atoms. The highest BCUT2D eigenvalue weighted by Gasteiger charge is 2.32. The highest BCUT2D eigenvalue weighted by Crippen LogP contribution is 2.23. The molecule has 2 aromatic rings. The third kappa shape index (κ3) is 5.78. The van der Waals surface area contributed by atoms with Crippen LogP contribution in [0.15, 0.2) is 48.5 Å². The molecule has 3 rings (SSSR count). The van der Waals surface area contributed by atoms with E-state index < -0.39 is 15.9 Å². The summed E-state index contributed by atoms with van der Waals surface area (Å²) in [6.07, 6.45) is 1.25. The molecule has 1 saturated heterocycles. The van der Waals surface area contributed by atoms with E-state index in [0.717, 1.165) is 5.56 Å². The third-order valence-electron chi connectivity index (χ3n) is 5.12. The molecule has 8 heteroatoms. The average molecular weight is 439 g/mol. The molecule has 0 aliphatic carbocycles. The van der Waals surface area contributed by atoms with Gasteiger partial charge in [0, 0.05) is 18.1 Å². The molecular formula is C21H24ClFN2O3S. The first-order valence-electron chi connectivity index (χ1n) is 9.53. The van der Waals surface area contributed by atoms with Crippen molar-refractivity contribution < 1.29 is 17.6 Å². The number of carbonyl (C=O) groups is 1. The molecule has 0 radical (unpaired) electrons. The van der Waals surface area contributed by atoms with E-state index in [1.165, 1.54) is 16.4 Å². The van der Waals surface area contributed by atoms with E-state index in [4.69, 9.17) is 11.6 Å². The number of sulfonamides is 1. The predicted octanol–water partition coefficient (Wildman–Crippen LogP) is 3.90. The van der Waals surface area contributed by atoms with Gasteiger partial charge < -0.3 is 5.32 Å². The molecule has 1 aliphatic rings. The Morgan fingerprint density at radius 3 is 2.69 bits per heavy atom. The van der Waals surface area contributed by atoms with Crippen molar-refractivity contribution in [2.45, 2.75) is 31.6 Å². The Balaban J connectivity index is 1.63. The summed E-state index contributed by atoms with van der Waals surface area (Å²) in [6, 6.07) is 12.4. The summed E-state index contributed by atoms with van der Waals surface area (Å²) in [5.41, 5.74) is 1.41. The van der Waals surface area contributed by atoms with Crippen LogP contribution in [0.2, 0.25) is 5.02 Å². The lowest BCUT2D eigenvalue weighted by molar-refractivity contribution is -0.126. The van der Waals surface area contributed by atoms with Crippen molar-refractivity contribution in [2.75, 3.05) is 13.1 Å². The Hall–Kier alpha value is -1.96. The van der Waals surface area contributed by atoms with Crippen LogP contribution in [0.1, 0.15) is 36.9 Å².